The number of nitrogens with zero attached hydrogens (tertiary/aromatic N) is 2. The summed E-state index contributed by atoms with van der Waals surface area (Å²) < 4.78 is 6.26. The molecular weight excluding hydrogens is 336 g/mol. The summed E-state index contributed by atoms with van der Waals surface area (Å²) in [5.74, 6) is 0.523. The zero-order valence-electron chi connectivity index (χ0n) is 14.9. The predicted octanol–water partition coefficient (Wildman–Crippen LogP) is 2.16. The Kier molecular flexibility index (Phi) is 6.06. The lowest BCUT2D eigenvalue weighted by atomic mass is 9.96. The van der Waals surface area contributed by atoms with E-state index in [1.54, 1.807) is 18.4 Å². The van der Waals surface area contributed by atoms with Crippen LogP contribution in [-0.2, 0) is 4.74 Å². The molecule has 2 atom stereocenters. The molecule has 0 spiro atoms. The Morgan fingerprint density at radius 1 is 1.36 bits per heavy atom. The summed E-state index contributed by atoms with van der Waals surface area (Å²) in [5.41, 5.74) is 0. The highest BCUT2D eigenvalue weighted by Gasteiger charge is 2.36. The lowest BCUT2D eigenvalue weighted by molar-refractivity contribution is 0.0783. The summed E-state index contributed by atoms with van der Waals surface area (Å²) in [6.07, 6.45) is 0. The number of methoxy groups -OCH3 is 1. The monoisotopic (exact) mass is 362 g/mol. The lowest BCUT2D eigenvalue weighted by Crippen LogP contribution is -2.33. The smallest absolute Gasteiger partial charge is 0.263 e. The van der Waals surface area contributed by atoms with E-state index < -0.39 is 0 Å². The minimum absolute atomic E-state index is 0.0849. The maximum absolute atomic E-state index is 12.9. The van der Waals surface area contributed by atoms with E-state index in [0.717, 1.165) is 28.1 Å². The van der Waals surface area contributed by atoms with Gasteiger partial charge >= 0.3 is 0 Å². The van der Waals surface area contributed by atoms with Crippen molar-refractivity contribution in [2.24, 2.45) is 11.8 Å². The molecule has 1 aliphatic heterocycles. The van der Waals surface area contributed by atoms with Crippen LogP contribution >= 0.6 is 11.3 Å². The predicted molar refractivity (Wildman–Crippen MR) is 101 cm³/mol. The van der Waals surface area contributed by atoms with Gasteiger partial charge in [0.05, 0.1) is 11.5 Å². The van der Waals surface area contributed by atoms with E-state index in [-0.39, 0.29) is 18.4 Å². The molecule has 1 aliphatic rings. The number of benzene rings is 1. The number of likely N-dealkylation sites (tertiary alicyclic amines) is 1. The molecule has 0 saturated carbocycles. The van der Waals surface area contributed by atoms with Crippen molar-refractivity contribution >= 4 is 27.3 Å². The van der Waals surface area contributed by atoms with E-state index in [0.29, 0.717) is 25.6 Å². The average molecular weight is 362 g/mol. The Bertz CT molecular complexity index is 685. The van der Waals surface area contributed by atoms with Gasteiger partial charge in [-0.3, -0.25) is 4.79 Å². The van der Waals surface area contributed by atoms with Gasteiger partial charge in [0, 0.05) is 50.5 Å². The van der Waals surface area contributed by atoms with Gasteiger partial charge in [0.15, 0.2) is 0 Å². The van der Waals surface area contributed by atoms with E-state index in [4.69, 9.17) is 4.74 Å². The van der Waals surface area contributed by atoms with Crippen molar-refractivity contribution < 1.29 is 14.6 Å². The first kappa shape index (κ1) is 18.3. The van der Waals surface area contributed by atoms with Crippen molar-refractivity contribution in [3.8, 4) is 0 Å². The van der Waals surface area contributed by atoms with Crippen molar-refractivity contribution in [3.63, 3.8) is 0 Å². The first-order valence-electron chi connectivity index (χ1n) is 8.68. The number of ether oxygens (including phenoxy) is 1. The zero-order chi connectivity index (χ0) is 17.8. The number of carbonyl (C=O) groups excluding carboxylic acids is 1. The molecule has 5 nitrogen and oxygen atoms in total. The number of fused-ring (bicyclic) bond motifs is 1. The summed E-state index contributed by atoms with van der Waals surface area (Å²) in [7, 11) is 3.76. The van der Waals surface area contributed by atoms with Crippen LogP contribution in [0.15, 0.2) is 30.3 Å². The molecule has 2 heterocycles. The highest BCUT2D eigenvalue weighted by atomic mass is 32.1. The summed E-state index contributed by atoms with van der Waals surface area (Å²) in [6, 6.07) is 10.1. The molecule has 25 heavy (non-hydrogen) atoms. The fourth-order valence-corrected chi connectivity index (χ4v) is 4.53. The quantitative estimate of drug-likeness (QED) is 0.820. The largest absolute Gasteiger partial charge is 0.396 e. The maximum Gasteiger partial charge on any atom is 0.263 e. The molecule has 1 N–H and O–H groups in total. The third-order valence-electron chi connectivity index (χ3n) is 4.96. The Morgan fingerprint density at radius 2 is 2.12 bits per heavy atom. The third kappa shape index (κ3) is 4.20. The molecule has 1 aromatic heterocycles. The maximum atomic E-state index is 12.9. The summed E-state index contributed by atoms with van der Waals surface area (Å²) in [5, 5.41) is 10.8. The highest BCUT2D eigenvalue weighted by Crippen LogP contribution is 2.30. The SMILES string of the molecule is COCCN(C)CC1CN(C(=O)c2cc3ccccc3s2)CC1CO. The van der Waals surface area contributed by atoms with Gasteiger partial charge in [0.1, 0.15) is 0 Å². The van der Waals surface area contributed by atoms with Crippen molar-refractivity contribution in [2.45, 2.75) is 0 Å². The van der Waals surface area contributed by atoms with Gasteiger partial charge in [0.25, 0.3) is 5.91 Å². The van der Waals surface area contributed by atoms with E-state index in [9.17, 15) is 9.90 Å². The lowest BCUT2D eigenvalue weighted by Gasteiger charge is -2.23. The van der Waals surface area contributed by atoms with E-state index >= 15 is 0 Å². The van der Waals surface area contributed by atoms with Crippen molar-refractivity contribution in [3.05, 3.63) is 35.2 Å². The minimum atomic E-state index is 0.0849. The Morgan fingerprint density at radius 3 is 2.84 bits per heavy atom. The van der Waals surface area contributed by atoms with Crippen molar-refractivity contribution in [2.75, 3.05) is 53.6 Å². The Hall–Kier alpha value is -1.47. The number of hydrogen-bond donors (Lipinski definition) is 1. The first-order chi connectivity index (χ1) is 12.1. The van der Waals surface area contributed by atoms with Gasteiger partial charge in [0.2, 0.25) is 0 Å². The second kappa shape index (κ2) is 8.27. The van der Waals surface area contributed by atoms with Gasteiger partial charge in [-0.1, -0.05) is 18.2 Å². The van der Waals surface area contributed by atoms with Gasteiger partial charge in [-0.2, -0.15) is 0 Å². The molecule has 1 aromatic carbocycles. The average Bonchev–Trinajstić information content (AvgIpc) is 3.23. The third-order valence-corrected chi connectivity index (χ3v) is 6.06. The van der Waals surface area contributed by atoms with Crippen LogP contribution in [0.2, 0.25) is 0 Å². The van der Waals surface area contributed by atoms with Gasteiger partial charge in [-0.15, -0.1) is 11.3 Å². The number of thiophene rings is 1. The number of aliphatic hydroxyl groups is 1. The standard InChI is InChI=1S/C19H26N2O3S/c1-20(7-8-24-2)10-15-11-21(12-16(15)13-22)19(23)18-9-14-5-3-4-6-17(14)25-18/h3-6,9,15-16,22H,7-8,10-13H2,1-2H3. The van der Waals surface area contributed by atoms with Crippen LogP contribution < -0.4 is 0 Å². The number of carbonyl (C=O) groups is 1. The highest BCUT2D eigenvalue weighted by molar-refractivity contribution is 7.20. The normalized spacial score (nSPS) is 20.7. The summed E-state index contributed by atoms with van der Waals surface area (Å²) in [6.45, 7) is 3.87. The number of amides is 1. The van der Waals surface area contributed by atoms with Crippen LogP contribution in [0.4, 0.5) is 0 Å². The molecule has 3 rings (SSSR count). The van der Waals surface area contributed by atoms with E-state index in [1.807, 2.05) is 35.2 Å². The second-order valence-corrected chi connectivity index (χ2v) is 7.90. The fourth-order valence-electron chi connectivity index (χ4n) is 3.50. The van der Waals surface area contributed by atoms with Crippen molar-refractivity contribution in [1.29, 1.82) is 0 Å². The molecule has 0 bridgehead atoms. The van der Waals surface area contributed by atoms with Crippen molar-refractivity contribution in [1.82, 2.24) is 9.80 Å². The van der Waals surface area contributed by atoms with E-state index in [2.05, 4.69) is 11.9 Å². The topological polar surface area (TPSA) is 53.0 Å². The first-order valence-corrected chi connectivity index (χ1v) is 9.50. The Labute approximate surface area is 152 Å². The number of hydrogen-bond acceptors (Lipinski definition) is 5. The van der Waals surface area contributed by atoms with Crippen LogP contribution in [0.1, 0.15) is 9.67 Å². The molecule has 136 valence electrons. The van der Waals surface area contributed by atoms with Crippen LogP contribution in [0, 0.1) is 11.8 Å². The molecule has 1 amide bonds. The minimum Gasteiger partial charge on any atom is -0.396 e. The molecule has 6 heteroatoms. The van der Waals surface area contributed by atoms with Crippen LogP contribution in [-0.4, -0.2) is 74.4 Å². The Balaban J connectivity index is 1.67. The van der Waals surface area contributed by atoms with Gasteiger partial charge in [-0.25, -0.2) is 0 Å². The number of likely N-dealkylation sites (N-methyl/N-ethyl adjacent to an activating group) is 1. The van der Waals surface area contributed by atoms with Gasteiger partial charge < -0.3 is 19.6 Å². The van der Waals surface area contributed by atoms with Gasteiger partial charge in [-0.05, 0) is 30.5 Å². The molecule has 2 aromatic rings. The molecular formula is C19H26N2O3S. The number of aliphatic hydroxyl groups excluding tert-OH is 1. The molecule has 2 unspecified atom stereocenters. The molecule has 0 radical (unpaired) electrons. The summed E-state index contributed by atoms with van der Waals surface area (Å²) in [4.78, 5) is 17.8. The molecule has 1 fully saturated rings. The fraction of sp³-hybridized carbons (Fsp3) is 0.526. The molecule has 1 saturated heterocycles. The van der Waals surface area contributed by atoms with Crippen LogP contribution in [0.25, 0.3) is 10.1 Å². The molecule has 0 aliphatic carbocycles. The van der Waals surface area contributed by atoms with Crippen LogP contribution in [0.3, 0.4) is 0 Å². The van der Waals surface area contributed by atoms with E-state index in [1.165, 1.54) is 0 Å². The second-order valence-electron chi connectivity index (χ2n) is 6.82. The summed E-state index contributed by atoms with van der Waals surface area (Å²) >= 11 is 1.55. The zero-order valence-corrected chi connectivity index (χ0v) is 15.7. The number of rotatable bonds is 7. The van der Waals surface area contributed by atoms with Crippen LogP contribution in [0.5, 0.6) is 0 Å².